The van der Waals surface area contributed by atoms with E-state index < -0.39 is 0 Å². The maximum atomic E-state index is 13.2. The summed E-state index contributed by atoms with van der Waals surface area (Å²) in [4.78, 5) is 13.9. The van der Waals surface area contributed by atoms with Gasteiger partial charge < -0.3 is 4.90 Å². The van der Waals surface area contributed by atoms with E-state index in [-0.39, 0.29) is 17.1 Å². The van der Waals surface area contributed by atoms with Gasteiger partial charge in [0.15, 0.2) is 0 Å². The molecule has 1 fully saturated rings. The van der Waals surface area contributed by atoms with Crippen molar-refractivity contribution in [2.45, 2.75) is 33.7 Å². The zero-order chi connectivity index (χ0) is 14.2. The van der Waals surface area contributed by atoms with Crippen LogP contribution in [0.4, 0.5) is 4.39 Å². The minimum Gasteiger partial charge on any atom is -0.338 e. The lowest BCUT2D eigenvalue weighted by Gasteiger charge is -2.26. The van der Waals surface area contributed by atoms with Gasteiger partial charge in [-0.05, 0) is 45.0 Å². The summed E-state index contributed by atoms with van der Waals surface area (Å²) >= 11 is 3.18. The van der Waals surface area contributed by atoms with Crippen molar-refractivity contribution in [3.05, 3.63) is 34.1 Å². The molecule has 1 aromatic carbocycles. The van der Waals surface area contributed by atoms with Gasteiger partial charge in [0.1, 0.15) is 5.82 Å². The van der Waals surface area contributed by atoms with E-state index >= 15 is 0 Å². The second-order valence-corrected chi connectivity index (χ2v) is 7.14. The molecule has 1 aliphatic rings. The van der Waals surface area contributed by atoms with E-state index in [4.69, 9.17) is 0 Å². The predicted molar refractivity (Wildman–Crippen MR) is 77.1 cm³/mol. The molecule has 0 spiro atoms. The van der Waals surface area contributed by atoms with Crippen LogP contribution in [-0.4, -0.2) is 17.4 Å². The van der Waals surface area contributed by atoms with Gasteiger partial charge in [0.05, 0.1) is 4.47 Å². The standard InChI is InChI=1S/C15H19BrFNO/c1-15(2,3)11-7-14(19)18(9-11)8-10-4-5-13(17)12(16)6-10/h4-6,11H,7-9H2,1-3H3. The van der Waals surface area contributed by atoms with Gasteiger partial charge >= 0.3 is 0 Å². The number of benzene rings is 1. The van der Waals surface area contributed by atoms with Crippen LogP contribution in [0.3, 0.4) is 0 Å². The summed E-state index contributed by atoms with van der Waals surface area (Å²) in [6.07, 6.45) is 0.617. The van der Waals surface area contributed by atoms with E-state index in [1.165, 1.54) is 6.07 Å². The highest BCUT2D eigenvalue weighted by Gasteiger charge is 2.36. The topological polar surface area (TPSA) is 20.3 Å². The highest BCUT2D eigenvalue weighted by Crippen LogP contribution is 2.34. The van der Waals surface area contributed by atoms with Crippen LogP contribution in [0.2, 0.25) is 0 Å². The van der Waals surface area contributed by atoms with Crippen molar-refractivity contribution in [3.63, 3.8) is 0 Å². The minimum atomic E-state index is -0.274. The SMILES string of the molecule is CC(C)(C)C1CC(=O)N(Cc2ccc(F)c(Br)c2)C1. The van der Waals surface area contributed by atoms with E-state index in [1.807, 2.05) is 4.90 Å². The predicted octanol–water partition coefficient (Wildman–Crippen LogP) is 3.98. The molecular weight excluding hydrogens is 309 g/mol. The van der Waals surface area contributed by atoms with Crippen LogP contribution in [0.5, 0.6) is 0 Å². The Morgan fingerprint density at radius 2 is 2.11 bits per heavy atom. The normalized spacial score (nSPS) is 20.2. The van der Waals surface area contributed by atoms with E-state index in [0.717, 1.165) is 12.1 Å². The Labute approximate surface area is 122 Å². The zero-order valence-corrected chi connectivity index (χ0v) is 13.1. The molecule has 0 aromatic heterocycles. The molecule has 1 unspecified atom stereocenters. The van der Waals surface area contributed by atoms with Gasteiger partial charge in [0, 0.05) is 19.5 Å². The molecule has 1 atom stereocenters. The van der Waals surface area contributed by atoms with Gasteiger partial charge in [-0.3, -0.25) is 4.79 Å². The average molecular weight is 328 g/mol. The van der Waals surface area contributed by atoms with E-state index in [9.17, 15) is 9.18 Å². The molecule has 2 rings (SSSR count). The van der Waals surface area contributed by atoms with Crippen molar-refractivity contribution in [3.8, 4) is 0 Å². The second-order valence-electron chi connectivity index (χ2n) is 6.29. The first-order valence-electron chi connectivity index (χ1n) is 6.49. The monoisotopic (exact) mass is 327 g/mol. The van der Waals surface area contributed by atoms with Crippen LogP contribution in [-0.2, 0) is 11.3 Å². The molecule has 1 aliphatic heterocycles. The molecule has 0 aliphatic carbocycles. The molecule has 1 amide bonds. The number of likely N-dealkylation sites (tertiary alicyclic amines) is 1. The summed E-state index contributed by atoms with van der Waals surface area (Å²) in [7, 11) is 0. The molecule has 2 nitrogen and oxygen atoms in total. The van der Waals surface area contributed by atoms with Crippen molar-refractivity contribution in [2.75, 3.05) is 6.54 Å². The molecule has 1 saturated heterocycles. The maximum absolute atomic E-state index is 13.2. The number of halogens is 2. The van der Waals surface area contributed by atoms with Gasteiger partial charge in [-0.15, -0.1) is 0 Å². The number of nitrogens with zero attached hydrogens (tertiary/aromatic N) is 1. The van der Waals surface area contributed by atoms with Crippen molar-refractivity contribution < 1.29 is 9.18 Å². The number of carbonyl (C=O) groups excluding carboxylic acids is 1. The molecule has 0 bridgehead atoms. The number of carbonyl (C=O) groups is 1. The summed E-state index contributed by atoms with van der Waals surface area (Å²) < 4.78 is 13.6. The maximum Gasteiger partial charge on any atom is 0.223 e. The second kappa shape index (κ2) is 5.23. The third kappa shape index (κ3) is 3.35. The third-order valence-corrected chi connectivity index (χ3v) is 4.40. The largest absolute Gasteiger partial charge is 0.338 e. The lowest BCUT2D eigenvalue weighted by molar-refractivity contribution is -0.128. The lowest BCUT2D eigenvalue weighted by atomic mass is 9.80. The summed E-state index contributed by atoms with van der Waals surface area (Å²) in [6, 6.07) is 4.91. The van der Waals surface area contributed by atoms with Crippen molar-refractivity contribution in [1.29, 1.82) is 0 Å². The number of hydrogen-bond acceptors (Lipinski definition) is 1. The van der Waals surface area contributed by atoms with Crippen LogP contribution in [0, 0.1) is 17.2 Å². The van der Waals surface area contributed by atoms with E-state index in [2.05, 4.69) is 36.7 Å². The van der Waals surface area contributed by atoms with Crippen LogP contribution in [0.1, 0.15) is 32.8 Å². The molecule has 104 valence electrons. The first-order valence-corrected chi connectivity index (χ1v) is 7.28. The fourth-order valence-corrected chi connectivity index (χ4v) is 2.79. The average Bonchev–Trinajstić information content (AvgIpc) is 2.65. The van der Waals surface area contributed by atoms with Crippen LogP contribution < -0.4 is 0 Å². The van der Waals surface area contributed by atoms with Crippen LogP contribution in [0.25, 0.3) is 0 Å². The van der Waals surface area contributed by atoms with Crippen molar-refractivity contribution in [2.24, 2.45) is 11.3 Å². The van der Waals surface area contributed by atoms with Crippen LogP contribution in [0.15, 0.2) is 22.7 Å². The molecule has 0 radical (unpaired) electrons. The first-order chi connectivity index (χ1) is 8.77. The Hall–Kier alpha value is -0.900. The Balaban J connectivity index is 2.07. The summed E-state index contributed by atoms with van der Waals surface area (Å²) in [5, 5.41) is 0. The van der Waals surface area contributed by atoms with Gasteiger partial charge in [-0.25, -0.2) is 4.39 Å². The summed E-state index contributed by atoms with van der Waals surface area (Å²) in [6.45, 7) is 7.86. The van der Waals surface area contributed by atoms with Crippen molar-refractivity contribution >= 4 is 21.8 Å². The minimum absolute atomic E-state index is 0.147. The Bertz CT molecular complexity index is 495. The van der Waals surface area contributed by atoms with E-state index in [1.54, 1.807) is 12.1 Å². The highest BCUT2D eigenvalue weighted by atomic mass is 79.9. The smallest absolute Gasteiger partial charge is 0.223 e. The van der Waals surface area contributed by atoms with Gasteiger partial charge in [0.2, 0.25) is 5.91 Å². The molecule has 4 heteroatoms. The summed E-state index contributed by atoms with van der Waals surface area (Å²) in [5.74, 6) is 0.313. The Kier molecular flexibility index (Phi) is 4.00. The molecule has 19 heavy (non-hydrogen) atoms. The molecule has 1 heterocycles. The molecule has 0 saturated carbocycles. The lowest BCUT2D eigenvalue weighted by Crippen LogP contribution is -2.27. The zero-order valence-electron chi connectivity index (χ0n) is 11.5. The number of hydrogen-bond donors (Lipinski definition) is 0. The molecule has 0 N–H and O–H groups in total. The number of rotatable bonds is 2. The number of amides is 1. The Morgan fingerprint density at radius 3 is 2.63 bits per heavy atom. The summed E-state index contributed by atoms with van der Waals surface area (Å²) in [5.41, 5.74) is 1.10. The fraction of sp³-hybridized carbons (Fsp3) is 0.533. The van der Waals surface area contributed by atoms with Gasteiger partial charge in [-0.1, -0.05) is 26.8 Å². The van der Waals surface area contributed by atoms with Gasteiger partial charge in [0.25, 0.3) is 0 Å². The molecule has 1 aromatic rings. The van der Waals surface area contributed by atoms with Gasteiger partial charge in [-0.2, -0.15) is 0 Å². The third-order valence-electron chi connectivity index (χ3n) is 3.80. The molecular formula is C15H19BrFNO. The first kappa shape index (κ1) is 14.5. The van der Waals surface area contributed by atoms with Crippen LogP contribution >= 0.6 is 15.9 Å². The van der Waals surface area contributed by atoms with E-state index in [0.29, 0.717) is 23.4 Å². The fourth-order valence-electron chi connectivity index (χ4n) is 2.36. The highest BCUT2D eigenvalue weighted by molar-refractivity contribution is 9.10. The van der Waals surface area contributed by atoms with Crippen molar-refractivity contribution in [1.82, 2.24) is 4.90 Å². The Morgan fingerprint density at radius 1 is 1.42 bits per heavy atom. The quantitative estimate of drug-likeness (QED) is 0.804.